The van der Waals surface area contributed by atoms with Crippen molar-refractivity contribution >= 4 is 29.1 Å². The number of aryl methyl sites for hydroxylation is 1. The molecule has 9 nitrogen and oxygen atoms in total. The van der Waals surface area contributed by atoms with Gasteiger partial charge >= 0.3 is 5.69 Å². The first-order valence-electron chi connectivity index (χ1n) is 8.56. The molecule has 0 radical (unpaired) electrons. The highest BCUT2D eigenvalue weighted by Crippen LogP contribution is 2.40. The molecule has 3 rings (SSSR count). The summed E-state index contributed by atoms with van der Waals surface area (Å²) in [5, 5.41) is 16.1. The summed E-state index contributed by atoms with van der Waals surface area (Å²) in [6, 6.07) is -0.0238. The van der Waals surface area contributed by atoms with Crippen LogP contribution in [-0.4, -0.2) is 31.2 Å². The Kier molecular flexibility index (Phi) is 4.99. The molecule has 0 saturated carbocycles. The van der Waals surface area contributed by atoms with Crippen molar-refractivity contribution in [1.29, 1.82) is 0 Å². The zero-order valence-corrected chi connectivity index (χ0v) is 15.8. The average molecular weight is 380 g/mol. The number of hydrogen-bond acceptors (Lipinski definition) is 7. The van der Waals surface area contributed by atoms with Gasteiger partial charge < -0.3 is 10.6 Å². The SMILES string of the molecule is Cc1nn(CC(C)C)c(Cl)c1C1CCCN1c1ncc([N+](=O)[O-])c(N)n1. The third kappa shape index (κ3) is 3.31. The maximum Gasteiger partial charge on any atom is 0.329 e. The van der Waals surface area contributed by atoms with Crippen molar-refractivity contribution in [2.24, 2.45) is 5.92 Å². The van der Waals surface area contributed by atoms with Gasteiger partial charge in [-0.25, -0.2) is 4.98 Å². The molecule has 0 bridgehead atoms. The number of nitrogens with zero attached hydrogens (tertiary/aromatic N) is 6. The van der Waals surface area contributed by atoms with Crippen molar-refractivity contribution in [3.8, 4) is 0 Å². The fourth-order valence-corrected chi connectivity index (χ4v) is 3.75. The van der Waals surface area contributed by atoms with Crippen LogP contribution in [0.1, 0.15) is 44.0 Å². The van der Waals surface area contributed by atoms with Gasteiger partial charge in [-0.15, -0.1) is 0 Å². The van der Waals surface area contributed by atoms with Crippen molar-refractivity contribution in [3.05, 3.63) is 32.7 Å². The summed E-state index contributed by atoms with van der Waals surface area (Å²) >= 11 is 6.62. The average Bonchev–Trinajstić information content (AvgIpc) is 3.11. The summed E-state index contributed by atoms with van der Waals surface area (Å²) in [7, 11) is 0. The van der Waals surface area contributed by atoms with Crippen LogP contribution in [0.5, 0.6) is 0 Å². The van der Waals surface area contributed by atoms with Crippen molar-refractivity contribution in [1.82, 2.24) is 19.7 Å². The fraction of sp³-hybridized carbons (Fsp3) is 0.562. The molecule has 1 aliphatic heterocycles. The Hall–Kier alpha value is -2.42. The molecule has 0 aliphatic carbocycles. The van der Waals surface area contributed by atoms with E-state index in [9.17, 15) is 10.1 Å². The molecule has 1 aliphatic rings. The van der Waals surface area contributed by atoms with Crippen LogP contribution in [0.4, 0.5) is 17.5 Å². The minimum atomic E-state index is -0.586. The first kappa shape index (κ1) is 18.4. The topological polar surface area (TPSA) is 116 Å². The first-order valence-corrected chi connectivity index (χ1v) is 8.93. The van der Waals surface area contributed by atoms with Gasteiger partial charge in [0, 0.05) is 18.7 Å². The van der Waals surface area contributed by atoms with Crippen molar-refractivity contribution in [2.45, 2.75) is 46.2 Å². The molecular weight excluding hydrogens is 358 g/mol. The number of nitrogen functional groups attached to an aromatic ring is 1. The lowest BCUT2D eigenvalue weighted by atomic mass is 10.1. The molecule has 1 fully saturated rings. The highest BCUT2D eigenvalue weighted by Gasteiger charge is 2.33. The molecule has 1 saturated heterocycles. The lowest BCUT2D eigenvalue weighted by molar-refractivity contribution is -0.384. The lowest BCUT2D eigenvalue weighted by Crippen LogP contribution is -2.25. The second-order valence-corrected chi connectivity index (χ2v) is 7.27. The number of hydrogen-bond donors (Lipinski definition) is 1. The quantitative estimate of drug-likeness (QED) is 0.626. The highest BCUT2D eigenvalue weighted by atomic mass is 35.5. The molecule has 1 atom stereocenters. The fourth-order valence-electron chi connectivity index (χ4n) is 3.38. The molecule has 140 valence electrons. The van der Waals surface area contributed by atoms with Gasteiger partial charge in [0.1, 0.15) is 11.3 Å². The second kappa shape index (κ2) is 7.06. The molecule has 3 heterocycles. The summed E-state index contributed by atoms with van der Waals surface area (Å²) in [6.07, 6.45) is 2.98. The van der Waals surface area contributed by atoms with Gasteiger partial charge in [0.05, 0.1) is 16.7 Å². The van der Waals surface area contributed by atoms with Crippen LogP contribution in [0.25, 0.3) is 0 Å². The van der Waals surface area contributed by atoms with Crippen LogP contribution in [0.15, 0.2) is 6.20 Å². The molecule has 2 aromatic heterocycles. The normalized spacial score (nSPS) is 17.3. The van der Waals surface area contributed by atoms with E-state index in [-0.39, 0.29) is 17.5 Å². The van der Waals surface area contributed by atoms with E-state index >= 15 is 0 Å². The summed E-state index contributed by atoms with van der Waals surface area (Å²) in [5.74, 6) is 0.670. The van der Waals surface area contributed by atoms with E-state index in [1.807, 2.05) is 16.5 Å². The summed E-state index contributed by atoms with van der Waals surface area (Å²) in [4.78, 5) is 20.6. The molecule has 0 aromatic carbocycles. The molecule has 2 aromatic rings. The Morgan fingerprint density at radius 2 is 2.23 bits per heavy atom. The second-order valence-electron chi connectivity index (χ2n) is 6.91. The van der Waals surface area contributed by atoms with E-state index < -0.39 is 4.92 Å². The number of rotatable bonds is 5. The maximum atomic E-state index is 10.9. The van der Waals surface area contributed by atoms with E-state index in [1.54, 1.807) is 0 Å². The third-order valence-electron chi connectivity index (χ3n) is 4.47. The maximum absolute atomic E-state index is 10.9. The highest BCUT2D eigenvalue weighted by molar-refractivity contribution is 6.30. The van der Waals surface area contributed by atoms with Gasteiger partial charge in [0.15, 0.2) is 0 Å². The monoisotopic (exact) mass is 379 g/mol. The predicted octanol–water partition coefficient (Wildman–Crippen LogP) is 3.12. The molecular formula is C16H22ClN7O2. The predicted molar refractivity (Wildman–Crippen MR) is 99.2 cm³/mol. The van der Waals surface area contributed by atoms with E-state index in [4.69, 9.17) is 17.3 Å². The Bertz CT molecular complexity index is 836. The number of anilines is 2. The minimum absolute atomic E-state index is 0.0238. The van der Waals surface area contributed by atoms with Crippen LogP contribution in [0, 0.1) is 23.0 Å². The number of aromatic nitrogens is 4. The Balaban J connectivity index is 1.95. The van der Waals surface area contributed by atoms with E-state index in [1.165, 1.54) is 0 Å². The van der Waals surface area contributed by atoms with Crippen LogP contribution >= 0.6 is 11.6 Å². The summed E-state index contributed by atoms with van der Waals surface area (Å²) in [5.41, 5.74) is 7.28. The third-order valence-corrected chi connectivity index (χ3v) is 4.87. The van der Waals surface area contributed by atoms with Gasteiger partial charge in [0.25, 0.3) is 0 Å². The van der Waals surface area contributed by atoms with Crippen molar-refractivity contribution in [3.63, 3.8) is 0 Å². The number of nitro groups is 1. The first-order chi connectivity index (χ1) is 12.3. The smallest absolute Gasteiger partial charge is 0.329 e. The molecule has 10 heteroatoms. The molecule has 1 unspecified atom stereocenters. The van der Waals surface area contributed by atoms with Gasteiger partial charge in [-0.2, -0.15) is 10.1 Å². The van der Waals surface area contributed by atoms with Gasteiger partial charge in [-0.3, -0.25) is 14.8 Å². The Morgan fingerprint density at radius 1 is 1.50 bits per heavy atom. The van der Waals surface area contributed by atoms with Gasteiger partial charge in [0.2, 0.25) is 11.8 Å². The number of halogens is 1. The molecule has 0 amide bonds. The van der Waals surface area contributed by atoms with Crippen LogP contribution in [0.2, 0.25) is 5.15 Å². The van der Waals surface area contributed by atoms with Crippen molar-refractivity contribution in [2.75, 3.05) is 17.2 Å². The standard InChI is InChI=1S/C16H22ClN7O2/c1-9(2)8-23-14(17)13(10(3)21-23)11-5-4-6-22(11)16-19-7-12(24(25)26)15(18)20-16/h7,9,11H,4-6,8H2,1-3H3,(H2,18,19,20). The van der Waals surface area contributed by atoms with Gasteiger partial charge in [-0.05, 0) is 25.7 Å². The Labute approximate surface area is 156 Å². The number of nitrogens with two attached hydrogens (primary N) is 1. The van der Waals surface area contributed by atoms with Crippen LogP contribution < -0.4 is 10.6 Å². The summed E-state index contributed by atoms with van der Waals surface area (Å²) < 4.78 is 1.83. The van der Waals surface area contributed by atoms with Crippen molar-refractivity contribution < 1.29 is 4.92 Å². The zero-order chi connectivity index (χ0) is 19.0. The van der Waals surface area contributed by atoms with E-state index in [2.05, 4.69) is 28.9 Å². The van der Waals surface area contributed by atoms with Crippen LogP contribution in [0.3, 0.4) is 0 Å². The van der Waals surface area contributed by atoms with E-state index in [0.29, 0.717) is 17.0 Å². The van der Waals surface area contributed by atoms with E-state index in [0.717, 1.165) is 43.4 Å². The summed E-state index contributed by atoms with van der Waals surface area (Å²) in [6.45, 7) is 7.64. The lowest BCUT2D eigenvalue weighted by Gasteiger charge is -2.25. The largest absolute Gasteiger partial charge is 0.378 e. The Morgan fingerprint density at radius 3 is 2.85 bits per heavy atom. The zero-order valence-electron chi connectivity index (χ0n) is 15.0. The van der Waals surface area contributed by atoms with Gasteiger partial charge in [-0.1, -0.05) is 25.4 Å². The minimum Gasteiger partial charge on any atom is -0.378 e. The van der Waals surface area contributed by atoms with Crippen LogP contribution in [-0.2, 0) is 6.54 Å². The molecule has 0 spiro atoms. The molecule has 2 N–H and O–H groups in total. The molecule has 26 heavy (non-hydrogen) atoms.